The van der Waals surface area contributed by atoms with E-state index in [2.05, 4.69) is 21.7 Å². The highest BCUT2D eigenvalue weighted by Gasteiger charge is 2.36. The van der Waals surface area contributed by atoms with Crippen LogP contribution in [0.25, 0.3) is 10.9 Å². The van der Waals surface area contributed by atoms with E-state index in [0.717, 1.165) is 12.8 Å². The topological polar surface area (TPSA) is 109 Å². The molecule has 2 N–H and O–H groups in total. The highest BCUT2D eigenvalue weighted by molar-refractivity contribution is 6.31. The Labute approximate surface area is 182 Å². The number of ether oxygens (including phenoxy) is 1. The van der Waals surface area contributed by atoms with Crippen LogP contribution in [0.4, 0.5) is 17.1 Å². The number of esters is 1. The quantitative estimate of drug-likeness (QED) is 0.478. The molecule has 1 aromatic carbocycles. The van der Waals surface area contributed by atoms with Crippen molar-refractivity contribution in [1.29, 1.82) is 5.26 Å². The number of hydrogen-bond acceptors (Lipinski definition) is 7. The molecule has 1 unspecified atom stereocenters. The summed E-state index contributed by atoms with van der Waals surface area (Å²) in [4.78, 5) is 29.5. The van der Waals surface area contributed by atoms with E-state index in [1.165, 1.54) is 10.8 Å². The van der Waals surface area contributed by atoms with Gasteiger partial charge in [0.25, 0.3) is 5.56 Å². The van der Waals surface area contributed by atoms with Gasteiger partial charge >= 0.3 is 5.97 Å². The third-order valence-electron chi connectivity index (χ3n) is 5.81. The maximum absolute atomic E-state index is 12.9. The van der Waals surface area contributed by atoms with Crippen LogP contribution in [0.2, 0.25) is 5.15 Å². The number of rotatable bonds is 3. The number of nitrogens with one attached hydrogen (secondary N) is 2. The van der Waals surface area contributed by atoms with E-state index in [0.29, 0.717) is 33.9 Å². The molecule has 2 aliphatic rings. The van der Waals surface area contributed by atoms with Crippen molar-refractivity contribution in [1.82, 2.24) is 9.55 Å². The molecule has 1 aliphatic carbocycles. The first-order chi connectivity index (χ1) is 15.0. The van der Waals surface area contributed by atoms with Crippen LogP contribution in [-0.4, -0.2) is 28.2 Å². The summed E-state index contributed by atoms with van der Waals surface area (Å²) >= 11 is 6.04. The Hall–Kier alpha value is -3.57. The summed E-state index contributed by atoms with van der Waals surface area (Å²) in [5, 5.41) is 16.8. The molecule has 0 spiro atoms. The minimum Gasteiger partial charge on any atom is -0.460 e. The summed E-state index contributed by atoms with van der Waals surface area (Å²) in [6, 6.07) is 9.14. The van der Waals surface area contributed by atoms with Crippen LogP contribution in [-0.2, 0) is 11.8 Å². The Morgan fingerprint density at radius 2 is 2.13 bits per heavy atom. The number of fused-ring (bicyclic) bond motifs is 3. The monoisotopic (exact) mass is 435 g/mol. The van der Waals surface area contributed by atoms with Crippen molar-refractivity contribution in [3.8, 4) is 6.07 Å². The van der Waals surface area contributed by atoms with E-state index in [1.807, 2.05) is 6.07 Å². The number of cyclic esters (lactones) is 1. The molecule has 1 aliphatic heterocycles. The molecule has 1 fully saturated rings. The second kappa shape index (κ2) is 7.29. The van der Waals surface area contributed by atoms with Crippen LogP contribution in [0, 0.1) is 17.2 Å². The molecule has 3 heterocycles. The van der Waals surface area contributed by atoms with Crippen molar-refractivity contribution in [2.45, 2.75) is 18.9 Å². The van der Waals surface area contributed by atoms with Crippen molar-refractivity contribution in [3.63, 3.8) is 0 Å². The van der Waals surface area contributed by atoms with Gasteiger partial charge in [0.2, 0.25) is 0 Å². The predicted octanol–water partition coefficient (Wildman–Crippen LogP) is 3.56. The van der Waals surface area contributed by atoms with Crippen molar-refractivity contribution >= 4 is 45.5 Å². The van der Waals surface area contributed by atoms with Crippen LogP contribution < -0.4 is 16.2 Å². The molecule has 0 bridgehead atoms. The number of halogens is 1. The summed E-state index contributed by atoms with van der Waals surface area (Å²) in [6.45, 7) is 0.238. The normalized spacial score (nSPS) is 17.8. The van der Waals surface area contributed by atoms with Gasteiger partial charge in [0.15, 0.2) is 0 Å². The zero-order valence-electron chi connectivity index (χ0n) is 16.6. The van der Waals surface area contributed by atoms with Gasteiger partial charge in [-0.1, -0.05) is 11.6 Å². The lowest BCUT2D eigenvalue weighted by Crippen LogP contribution is -2.27. The molecule has 9 heteroatoms. The fourth-order valence-electron chi connectivity index (χ4n) is 3.98. The fourth-order valence-corrected chi connectivity index (χ4v) is 4.18. The highest BCUT2D eigenvalue weighted by atomic mass is 35.5. The lowest BCUT2D eigenvalue weighted by molar-refractivity contribution is 0.0491. The minimum atomic E-state index is -0.612. The van der Waals surface area contributed by atoms with Gasteiger partial charge in [0.1, 0.15) is 29.0 Å². The van der Waals surface area contributed by atoms with E-state index >= 15 is 0 Å². The molecular weight excluding hydrogens is 418 g/mol. The lowest BCUT2D eigenvalue weighted by atomic mass is 10.1. The Morgan fingerprint density at radius 1 is 1.32 bits per heavy atom. The molecule has 2 aromatic heterocycles. The third-order valence-corrected chi connectivity index (χ3v) is 6.10. The van der Waals surface area contributed by atoms with E-state index in [4.69, 9.17) is 16.3 Å². The Bertz CT molecular complexity index is 1340. The van der Waals surface area contributed by atoms with E-state index in [9.17, 15) is 14.9 Å². The van der Waals surface area contributed by atoms with Crippen molar-refractivity contribution in [3.05, 3.63) is 57.1 Å². The predicted molar refractivity (Wildman–Crippen MR) is 117 cm³/mol. The van der Waals surface area contributed by atoms with Crippen molar-refractivity contribution in [2.24, 2.45) is 13.0 Å². The van der Waals surface area contributed by atoms with Crippen LogP contribution in [0.5, 0.6) is 0 Å². The molecule has 0 radical (unpaired) electrons. The fraction of sp³-hybridized carbons (Fsp3) is 0.273. The maximum Gasteiger partial charge on any atom is 0.346 e. The van der Waals surface area contributed by atoms with Gasteiger partial charge in [-0.15, -0.1) is 0 Å². The number of pyridine rings is 2. The van der Waals surface area contributed by atoms with Gasteiger partial charge in [-0.25, -0.2) is 9.78 Å². The molecule has 156 valence electrons. The van der Waals surface area contributed by atoms with Crippen LogP contribution in [0.3, 0.4) is 0 Å². The van der Waals surface area contributed by atoms with Gasteiger partial charge in [-0.3, -0.25) is 4.79 Å². The van der Waals surface area contributed by atoms with Gasteiger partial charge in [0.05, 0.1) is 22.9 Å². The first-order valence-electron chi connectivity index (χ1n) is 9.90. The number of benzene rings is 1. The van der Waals surface area contributed by atoms with Gasteiger partial charge < -0.3 is 19.9 Å². The van der Waals surface area contributed by atoms with Crippen LogP contribution in [0.1, 0.15) is 28.8 Å². The van der Waals surface area contributed by atoms with Crippen LogP contribution >= 0.6 is 11.6 Å². The second-order valence-electron chi connectivity index (χ2n) is 7.79. The minimum absolute atomic E-state index is 0.0139. The number of hydrogen-bond donors (Lipinski definition) is 2. The van der Waals surface area contributed by atoms with Gasteiger partial charge in [0, 0.05) is 24.3 Å². The first kappa shape index (κ1) is 19.4. The van der Waals surface area contributed by atoms with Crippen molar-refractivity contribution in [2.75, 3.05) is 17.2 Å². The Balaban J connectivity index is 1.67. The SMILES string of the molecule is Cn1c(=O)c2c(c3cc(Nc4ccnc(Cl)c4C#N)ccc31)NC(C1CC1)COC2=O. The smallest absolute Gasteiger partial charge is 0.346 e. The first-order valence-corrected chi connectivity index (χ1v) is 10.3. The molecule has 31 heavy (non-hydrogen) atoms. The maximum atomic E-state index is 12.9. The van der Waals surface area contributed by atoms with E-state index in [-0.39, 0.29) is 28.9 Å². The van der Waals surface area contributed by atoms with Gasteiger partial charge in [-0.05, 0) is 43.0 Å². The summed E-state index contributed by atoms with van der Waals surface area (Å²) in [5.74, 6) is -0.185. The summed E-state index contributed by atoms with van der Waals surface area (Å²) < 4.78 is 6.86. The standard InChI is InChI=1S/C22H18ClN5O3/c1-28-17-5-4-12(26-15-6-7-25-20(23)14(15)9-24)8-13(17)19-18(21(28)29)22(30)31-10-16(27-19)11-2-3-11/h4-8,11,16,27H,2-3,10H2,1H3,(H,25,26). The number of nitrogens with zero attached hydrogens (tertiary/aromatic N) is 3. The second-order valence-corrected chi connectivity index (χ2v) is 8.15. The van der Waals surface area contributed by atoms with Crippen LogP contribution in [0.15, 0.2) is 35.3 Å². The highest BCUT2D eigenvalue weighted by Crippen LogP contribution is 2.38. The number of carbonyl (C=O) groups excluding carboxylic acids is 1. The Morgan fingerprint density at radius 3 is 2.87 bits per heavy atom. The number of nitriles is 1. The van der Waals surface area contributed by atoms with Crippen molar-refractivity contribution < 1.29 is 9.53 Å². The molecule has 1 saturated carbocycles. The molecule has 8 nitrogen and oxygen atoms in total. The number of aromatic nitrogens is 2. The number of carbonyl (C=O) groups is 1. The van der Waals surface area contributed by atoms with E-state index < -0.39 is 11.5 Å². The molecule has 5 rings (SSSR count). The third kappa shape index (κ3) is 3.27. The average Bonchev–Trinajstić information content (AvgIpc) is 3.60. The number of aryl methyl sites for hydroxylation is 1. The summed E-state index contributed by atoms with van der Waals surface area (Å²) in [6.07, 6.45) is 3.65. The molecular formula is C22H18ClN5O3. The molecule has 3 aromatic rings. The zero-order valence-corrected chi connectivity index (χ0v) is 17.4. The summed E-state index contributed by atoms with van der Waals surface area (Å²) in [5.41, 5.74) is 2.22. The molecule has 0 amide bonds. The molecule has 0 saturated heterocycles. The molecule has 1 atom stereocenters. The summed E-state index contributed by atoms with van der Waals surface area (Å²) in [7, 11) is 1.63. The lowest BCUT2D eigenvalue weighted by Gasteiger charge is -2.19. The number of anilines is 3. The van der Waals surface area contributed by atoms with E-state index in [1.54, 1.807) is 25.2 Å². The largest absolute Gasteiger partial charge is 0.460 e. The van der Waals surface area contributed by atoms with Gasteiger partial charge in [-0.2, -0.15) is 5.26 Å². The Kier molecular flexibility index (Phi) is 4.56. The average molecular weight is 436 g/mol. The zero-order chi connectivity index (χ0) is 21.7.